The van der Waals surface area contributed by atoms with Gasteiger partial charge in [-0.1, -0.05) is 30.3 Å². The molecule has 0 aliphatic heterocycles. The van der Waals surface area contributed by atoms with Gasteiger partial charge in [-0.2, -0.15) is 0 Å². The van der Waals surface area contributed by atoms with E-state index in [1.54, 1.807) is 0 Å². The van der Waals surface area contributed by atoms with Crippen molar-refractivity contribution in [2.75, 3.05) is 19.0 Å². The van der Waals surface area contributed by atoms with Gasteiger partial charge in [-0.15, -0.1) is 0 Å². The fourth-order valence-corrected chi connectivity index (χ4v) is 4.09. The van der Waals surface area contributed by atoms with Crippen molar-refractivity contribution in [3.05, 3.63) is 89.5 Å². The van der Waals surface area contributed by atoms with E-state index in [2.05, 4.69) is 10.0 Å². The van der Waals surface area contributed by atoms with Crippen LogP contribution >= 0.6 is 0 Å². The molecule has 2 N–H and O–H groups in total. The first kappa shape index (κ1) is 22.4. The average Bonchev–Trinajstić information content (AvgIpc) is 2.75. The van der Waals surface area contributed by atoms with E-state index in [9.17, 15) is 22.0 Å². The van der Waals surface area contributed by atoms with Gasteiger partial charge in [-0.05, 0) is 42.3 Å². The van der Waals surface area contributed by atoms with Gasteiger partial charge < -0.3 is 10.1 Å². The second-order valence-electron chi connectivity index (χ2n) is 6.58. The van der Waals surface area contributed by atoms with Crippen LogP contribution in [0.5, 0.6) is 5.75 Å². The van der Waals surface area contributed by atoms with E-state index in [1.165, 1.54) is 19.2 Å². The summed E-state index contributed by atoms with van der Waals surface area (Å²) in [5.74, 6) is -2.43. The number of amides is 1. The molecule has 0 radical (unpaired) electrons. The topological polar surface area (TPSA) is 84.5 Å². The zero-order valence-electron chi connectivity index (χ0n) is 16.6. The number of carbonyl (C=O) groups excluding carboxylic acids is 1. The first-order valence-corrected chi connectivity index (χ1v) is 10.8. The lowest BCUT2D eigenvalue weighted by Crippen LogP contribution is -2.27. The molecule has 162 valence electrons. The van der Waals surface area contributed by atoms with Gasteiger partial charge in [-0.25, -0.2) is 21.9 Å². The van der Waals surface area contributed by atoms with Gasteiger partial charge in [0.2, 0.25) is 10.0 Å². The molecule has 0 unspecified atom stereocenters. The first-order valence-electron chi connectivity index (χ1n) is 9.28. The molecule has 31 heavy (non-hydrogen) atoms. The molecule has 3 aromatic rings. The molecule has 0 aromatic heterocycles. The van der Waals surface area contributed by atoms with E-state index in [0.717, 1.165) is 23.8 Å². The summed E-state index contributed by atoms with van der Waals surface area (Å²) in [4.78, 5) is 12.3. The highest BCUT2D eigenvalue weighted by molar-refractivity contribution is 7.89. The summed E-state index contributed by atoms with van der Waals surface area (Å²) in [5.41, 5.74) is 0.701. The third-order valence-electron chi connectivity index (χ3n) is 4.44. The molecular formula is C22H20F2N2O4S. The van der Waals surface area contributed by atoms with E-state index in [0.29, 0.717) is 12.5 Å². The number of sulfonamides is 1. The number of halogens is 2. The number of methoxy groups -OCH3 is 1. The van der Waals surface area contributed by atoms with Crippen LogP contribution in [0.4, 0.5) is 14.5 Å². The number of benzene rings is 3. The van der Waals surface area contributed by atoms with E-state index >= 15 is 0 Å². The number of hydrogen-bond donors (Lipinski definition) is 2. The lowest BCUT2D eigenvalue weighted by molar-refractivity contribution is 0.102. The third-order valence-corrected chi connectivity index (χ3v) is 5.93. The quantitative estimate of drug-likeness (QED) is 0.552. The average molecular weight is 446 g/mol. The van der Waals surface area contributed by atoms with Crippen molar-refractivity contribution in [2.45, 2.75) is 11.3 Å². The second kappa shape index (κ2) is 9.67. The van der Waals surface area contributed by atoms with E-state index in [-0.39, 0.29) is 28.4 Å². The lowest BCUT2D eigenvalue weighted by atomic mass is 10.2. The molecule has 0 atom stereocenters. The van der Waals surface area contributed by atoms with Crippen LogP contribution in [0.1, 0.15) is 15.9 Å². The summed E-state index contributed by atoms with van der Waals surface area (Å²) >= 11 is 0. The summed E-state index contributed by atoms with van der Waals surface area (Å²) in [5, 5.41) is 2.30. The highest BCUT2D eigenvalue weighted by Crippen LogP contribution is 2.26. The Morgan fingerprint density at radius 3 is 2.42 bits per heavy atom. The van der Waals surface area contributed by atoms with Crippen molar-refractivity contribution in [3.8, 4) is 5.75 Å². The molecule has 0 spiro atoms. The minimum absolute atomic E-state index is 0.0343. The van der Waals surface area contributed by atoms with Crippen molar-refractivity contribution in [1.82, 2.24) is 4.72 Å². The molecule has 0 saturated heterocycles. The molecule has 0 aliphatic carbocycles. The van der Waals surface area contributed by atoms with Crippen molar-refractivity contribution in [2.24, 2.45) is 0 Å². The molecule has 0 aliphatic rings. The summed E-state index contributed by atoms with van der Waals surface area (Å²) in [7, 11) is -2.68. The number of rotatable bonds is 8. The van der Waals surface area contributed by atoms with Crippen LogP contribution in [-0.2, 0) is 16.4 Å². The maximum absolute atomic E-state index is 13.8. The Balaban J connectivity index is 1.79. The zero-order valence-corrected chi connectivity index (χ0v) is 17.4. The number of nitrogens with one attached hydrogen (secondary N) is 2. The molecule has 3 aromatic carbocycles. The van der Waals surface area contributed by atoms with Crippen LogP contribution in [0.2, 0.25) is 0 Å². The molecular weight excluding hydrogens is 426 g/mol. The lowest BCUT2D eigenvalue weighted by Gasteiger charge is -2.13. The van der Waals surface area contributed by atoms with E-state index in [1.807, 2.05) is 30.3 Å². The van der Waals surface area contributed by atoms with Crippen LogP contribution in [-0.4, -0.2) is 28.0 Å². The molecule has 0 saturated carbocycles. The van der Waals surface area contributed by atoms with Gasteiger partial charge >= 0.3 is 0 Å². The normalized spacial score (nSPS) is 11.2. The molecule has 0 heterocycles. The summed E-state index contributed by atoms with van der Waals surface area (Å²) in [6.07, 6.45) is 0.479. The molecule has 0 fully saturated rings. The Labute approximate surface area is 178 Å². The van der Waals surface area contributed by atoms with Crippen LogP contribution in [0, 0.1) is 11.6 Å². The minimum atomic E-state index is -3.99. The summed E-state index contributed by atoms with van der Waals surface area (Å²) < 4.78 is 60.1. The zero-order chi connectivity index (χ0) is 22.4. The Hall–Kier alpha value is -3.30. The predicted octanol–water partition coefficient (Wildman–Crippen LogP) is 3.75. The Morgan fingerprint density at radius 1 is 1.00 bits per heavy atom. The highest BCUT2D eigenvalue weighted by Gasteiger charge is 2.22. The number of anilines is 1. The molecule has 0 bridgehead atoms. The largest absolute Gasteiger partial charge is 0.495 e. The van der Waals surface area contributed by atoms with Gasteiger partial charge in [-0.3, -0.25) is 4.79 Å². The fraction of sp³-hybridized carbons (Fsp3) is 0.136. The Morgan fingerprint density at radius 2 is 1.74 bits per heavy atom. The monoisotopic (exact) mass is 446 g/mol. The Kier molecular flexibility index (Phi) is 6.98. The van der Waals surface area contributed by atoms with Crippen LogP contribution in [0.3, 0.4) is 0 Å². The fourth-order valence-electron chi connectivity index (χ4n) is 2.87. The number of hydrogen-bond acceptors (Lipinski definition) is 4. The molecule has 1 amide bonds. The number of carbonyl (C=O) groups is 1. The predicted molar refractivity (Wildman–Crippen MR) is 113 cm³/mol. The number of ether oxygens (including phenoxy) is 1. The maximum atomic E-state index is 13.8. The van der Waals surface area contributed by atoms with Crippen LogP contribution in [0.15, 0.2) is 71.6 Å². The van der Waals surface area contributed by atoms with Crippen LogP contribution < -0.4 is 14.8 Å². The van der Waals surface area contributed by atoms with Crippen molar-refractivity contribution in [1.29, 1.82) is 0 Å². The highest BCUT2D eigenvalue weighted by atomic mass is 32.2. The standard InChI is InChI=1S/C22H20F2N2O4S/c1-30-20-10-7-16(22(27)26-19-9-8-17(23)14-18(19)24)13-21(20)31(28,29)25-12-11-15-5-3-2-4-6-15/h2-10,13-14,25H,11-12H2,1H3,(H,26,27). The van der Waals surface area contributed by atoms with Gasteiger partial charge in [0.25, 0.3) is 5.91 Å². The minimum Gasteiger partial charge on any atom is -0.495 e. The maximum Gasteiger partial charge on any atom is 0.255 e. The van der Waals surface area contributed by atoms with Gasteiger partial charge in [0.05, 0.1) is 12.8 Å². The molecule has 9 heteroatoms. The van der Waals surface area contributed by atoms with Gasteiger partial charge in [0.15, 0.2) is 0 Å². The van der Waals surface area contributed by atoms with Crippen LogP contribution in [0.25, 0.3) is 0 Å². The smallest absolute Gasteiger partial charge is 0.255 e. The molecule has 6 nitrogen and oxygen atoms in total. The SMILES string of the molecule is COc1ccc(C(=O)Nc2ccc(F)cc2F)cc1S(=O)(=O)NCCc1ccccc1. The second-order valence-corrected chi connectivity index (χ2v) is 8.31. The summed E-state index contributed by atoms with van der Waals surface area (Å²) in [6, 6.07) is 15.9. The van der Waals surface area contributed by atoms with E-state index in [4.69, 9.17) is 4.74 Å². The van der Waals surface area contributed by atoms with Crippen molar-refractivity contribution in [3.63, 3.8) is 0 Å². The Bertz CT molecular complexity index is 1190. The van der Waals surface area contributed by atoms with Gasteiger partial charge in [0, 0.05) is 18.2 Å². The van der Waals surface area contributed by atoms with Crippen molar-refractivity contribution >= 4 is 21.6 Å². The molecule has 3 rings (SSSR count). The third kappa shape index (κ3) is 5.65. The first-order chi connectivity index (χ1) is 14.8. The van der Waals surface area contributed by atoms with E-state index < -0.39 is 27.6 Å². The summed E-state index contributed by atoms with van der Waals surface area (Å²) in [6.45, 7) is 0.146. The van der Waals surface area contributed by atoms with Crippen molar-refractivity contribution < 1.29 is 26.7 Å². The van der Waals surface area contributed by atoms with Gasteiger partial charge in [0.1, 0.15) is 22.3 Å².